The summed E-state index contributed by atoms with van der Waals surface area (Å²) in [6, 6.07) is 7.06. The maximum Gasteiger partial charge on any atom is 0.152 e. The minimum absolute atomic E-state index is 0.555. The van der Waals surface area contributed by atoms with E-state index >= 15 is 0 Å². The smallest absolute Gasteiger partial charge is 0.152 e. The molecule has 0 radical (unpaired) electrons. The lowest BCUT2D eigenvalue weighted by molar-refractivity contribution is 0.594. The van der Waals surface area contributed by atoms with Gasteiger partial charge in [0.2, 0.25) is 0 Å². The molecule has 0 aliphatic carbocycles. The quantitative estimate of drug-likeness (QED) is 0.583. The highest BCUT2D eigenvalue weighted by Gasteiger charge is 2.08. The number of benzene rings is 1. The fourth-order valence-electron chi connectivity index (χ4n) is 0.890. The Kier molecular flexibility index (Phi) is 4.96. The molecule has 1 aromatic rings. The first-order valence-corrected chi connectivity index (χ1v) is 6.17. The van der Waals surface area contributed by atoms with Crippen LogP contribution < -0.4 is 0 Å². The lowest BCUT2D eigenvalue weighted by Crippen LogP contribution is -2.06. The van der Waals surface area contributed by atoms with Crippen LogP contribution in [-0.4, -0.2) is 16.2 Å². The van der Waals surface area contributed by atoms with E-state index in [0.29, 0.717) is 16.7 Å². The van der Waals surface area contributed by atoms with Gasteiger partial charge in [-0.2, -0.15) is 0 Å². The molecule has 0 N–H and O–H groups in total. The van der Waals surface area contributed by atoms with Crippen molar-refractivity contribution in [1.82, 2.24) is 0 Å². The summed E-state index contributed by atoms with van der Waals surface area (Å²) in [6.45, 7) is 0. The standard InChI is InChI=1S/C9H10Cl2OS/c10-6-1-7-13(12)9-4-2-8(11)3-5-9/h2-5H,1,6-7H2. The Bertz CT molecular complexity index is 250. The van der Waals surface area contributed by atoms with Gasteiger partial charge in [0.05, 0.1) is 0 Å². The normalized spacial score (nSPS) is 12.8. The predicted octanol–water partition coefficient (Wildman–Crippen LogP) is 3.08. The highest BCUT2D eigenvalue weighted by molar-refractivity contribution is 7.91. The molecule has 0 spiro atoms. The van der Waals surface area contributed by atoms with Crippen molar-refractivity contribution in [1.29, 1.82) is 0 Å². The molecule has 1 rings (SSSR count). The number of rotatable bonds is 4. The molecule has 0 saturated heterocycles. The Morgan fingerprint density at radius 1 is 1.23 bits per heavy atom. The van der Waals surface area contributed by atoms with E-state index < -0.39 is 11.2 Å². The first kappa shape index (κ1) is 11.2. The molecule has 1 unspecified atom stereocenters. The van der Waals surface area contributed by atoms with E-state index in [2.05, 4.69) is 0 Å². The topological polar surface area (TPSA) is 23.1 Å². The van der Waals surface area contributed by atoms with E-state index in [4.69, 9.17) is 23.2 Å². The Morgan fingerprint density at radius 2 is 1.85 bits per heavy atom. The summed E-state index contributed by atoms with van der Waals surface area (Å²) >= 11 is 10.3. The molecule has 0 bridgehead atoms. The maximum atomic E-state index is 11.5. The Balaban J connectivity index is 2.55. The molecule has 0 saturated carbocycles. The Morgan fingerprint density at radius 3 is 2.38 bits per heavy atom. The average molecular weight is 237 g/mol. The van der Waals surface area contributed by atoms with Crippen LogP contribution in [-0.2, 0) is 11.2 Å². The maximum absolute atomic E-state index is 11.5. The second-order valence-corrected chi connectivity index (χ2v) is 4.93. The van der Waals surface area contributed by atoms with Gasteiger partial charge in [-0.1, -0.05) is 11.6 Å². The predicted molar refractivity (Wildman–Crippen MR) is 58.1 cm³/mol. The van der Waals surface area contributed by atoms with Crippen LogP contribution in [0.15, 0.2) is 29.2 Å². The molecule has 0 aliphatic heterocycles. The van der Waals surface area contributed by atoms with Gasteiger partial charge in [0.1, 0.15) is 5.75 Å². The van der Waals surface area contributed by atoms with Gasteiger partial charge in [0.25, 0.3) is 0 Å². The highest BCUT2D eigenvalue weighted by atomic mass is 35.5. The van der Waals surface area contributed by atoms with Gasteiger partial charge in [-0.3, -0.25) is 0 Å². The monoisotopic (exact) mass is 236 g/mol. The average Bonchev–Trinajstić information content (AvgIpc) is 2.15. The lowest BCUT2D eigenvalue weighted by atomic mass is 10.4. The van der Waals surface area contributed by atoms with E-state index in [1.54, 1.807) is 24.3 Å². The van der Waals surface area contributed by atoms with Crippen molar-refractivity contribution >= 4 is 34.4 Å². The van der Waals surface area contributed by atoms with Gasteiger partial charge in [0.15, 0.2) is 4.90 Å². The SMILES string of the molecule is [O-][S+](CCCCl)c1ccc(Cl)cc1. The molecule has 1 atom stereocenters. The van der Waals surface area contributed by atoms with Crippen molar-refractivity contribution in [2.24, 2.45) is 0 Å². The van der Waals surface area contributed by atoms with Gasteiger partial charge >= 0.3 is 0 Å². The molecular formula is C9H10Cl2OS. The third-order valence-electron chi connectivity index (χ3n) is 1.54. The summed E-state index contributed by atoms with van der Waals surface area (Å²) in [5, 5.41) is 0.665. The third kappa shape index (κ3) is 3.77. The molecule has 1 nitrogen and oxygen atoms in total. The molecule has 0 fully saturated rings. The van der Waals surface area contributed by atoms with Crippen LogP contribution in [0.25, 0.3) is 0 Å². The molecule has 0 aromatic heterocycles. The molecule has 0 heterocycles. The summed E-state index contributed by atoms with van der Waals surface area (Å²) in [5.41, 5.74) is 0. The second-order valence-electron chi connectivity index (χ2n) is 2.55. The fourth-order valence-corrected chi connectivity index (χ4v) is 2.39. The van der Waals surface area contributed by atoms with Crippen molar-refractivity contribution in [3.8, 4) is 0 Å². The third-order valence-corrected chi connectivity index (χ3v) is 3.52. The molecule has 0 aliphatic rings. The van der Waals surface area contributed by atoms with Crippen LogP contribution in [0.2, 0.25) is 5.02 Å². The molecule has 1 aromatic carbocycles. The van der Waals surface area contributed by atoms with Crippen LogP contribution in [0.3, 0.4) is 0 Å². The molecule has 0 amide bonds. The molecular weight excluding hydrogens is 227 g/mol. The van der Waals surface area contributed by atoms with Crippen molar-refractivity contribution in [3.63, 3.8) is 0 Å². The number of alkyl halides is 1. The van der Waals surface area contributed by atoms with Crippen molar-refractivity contribution < 1.29 is 4.55 Å². The first-order valence-electron chi connectivity index (χ1n) is 3.94. The number of hydrogen-bond acceptors (Lipinski definition) is 1. The van der Waals surface area contributed by atoms with Crippen LogP contribution >= 0.6 is 23.2 Å². The Labute approximate surface area is 91.2 Å². The van der Waals surface area contributed by atoms with E-state index in [-0.39, 0.29) is 0 Å². The van der Waals surface area contributed by atoms with E-state index in [9.17, 15) is 4.55 Å². The minimum Gasteiger partial charge on any atom is -0.611 e. The van der Waals surface area contributed by atoms with Gasteiger partial charge in [-0.05, 0) is 35.4 Å². The van der Waals surface area contributed by atoms with Crippen molar-refractivity contribution in [2.75, 3.05) is 11.6 Å². The van der Waals surface area contributed by atoms with Gasteiger partial charge in [0, 0.05) is 17.3 Å². The summed E-state index contributed by atoms with van der Waals surface area (Å²) in [7, 11) is 0. The van der Waals surface area contributed by atoms with E-state index in [1.807, 2.05) is 0 Å². The second kappa shape index (κ2) is 5.76. The van der Waals surface area contributed by atoms with E-state index in [1.165, 1.54) is 0 Å². The minimum atomic E-state index is -0.935. The van der Waals surface area contributed by atoms with Crippen molar-refractivity contribution in [3.05, 3.63) is 29.3 Å². The fraction of sp³-hybridized carbons (Fsp3) is 0.333. The summed E-state index contributed by atoms with van der Waals surface area (Å²) in [4.78, 5) is 0.814. The molecule has 4 heteroatoms. The number of hydrogen-bond donors (Lipinski definition) is 0. The largest absolute Gasteiger partial charge is 0.611 e. The van der Waals surface area contributed by atoms with Gasteiger partial charge in [-0.15, -0.1) is 11.6 Å². The lowest BCUT2D eigenvalue weighted by Gasteiger charge is -2.08. The van der Waals surface area contributed by atoms with Crippen molar-refractivity contribution in [2.45, 2.75) is 11.3 Å². The van der Waals surface area contributed by atoms with Crippen LogP contribution in [0.1, 0.15) is 6.42 Å². The first-order chi connectivity index (χ1) is 6.24. The van der Waals surface area contributed by atoms with Gasteiger partial charge < -0.3 is 4.55 Å². The molecule has 72 valence electrons. The summed E-state index contributed by atoms with van der Waals surface area (Å²) in [6.07, 6.45) is 0.775. The zero-order valence-electron chi connectivity index (χ0n) is 7.00. The Hall–Kier alpha value is 0.110. The van der Waals surface area contributed by atoms with Crippen LogP contribution in [0.4, 0.5) is 0 Å². The zero-order valence-corrected chi connectivity index (χ0v) is 9.33. The van der Waals surface area contributed by atoms with Gasteiger partial charge in [-0.25, -0.2) is 0 Å². The van der Waals surface area contributed by atoms with E-state index in [0.717, 1.165) is 11.3 Å². The highest BCUT2D eigenvalue weighted by Crippen LogP contribution is 2.15. The summed E-state index contributed by atoms with van der Waals surface area (Å²) in [5.74, 6) is 1.17. The zero-order chi connectivity index (χ0) is 9.68. The van der Waals surface area contributed by atoms with Crippen LogP contribution in [0, 0.1) is 0 Å². The number of halogens is 2. The molecule has 13 heavy (non-hydrogen) atoms. The summed E-state index contributed by atoms with van der Waals surface area (Å²) < 4.78 is 11.5. The van der Waals surface area contributed by atoms with Crippen LogP contribution in [0.5, 0.6) is 0 Å².